The lowest BCUT2D eigenvalue weighted by Gasteiger charge is -2.36. The van der Waals surface area contributed by atoms with Gasteiger partial charge in [-0.2, -0.15) is 5.10 Å². The normalized spacial score (nSPS) is 13.7. The van der Waals surface area contributed by atoms with Crippen molar-refractivity contribution in [1.29, 1.82) is 0 Å². The van der Waals surface area contributed by atoms with Crippen LogP contribution in [0, 0.1) is 5.82 Å². The fourth-order valence-electron chi connectivity index (χ4n) is 4.63. The molecule has 1 aromatic heterocycles. The average molecular weight is 565 g/mol. The molecule has 37 heavy (non-hydrogen) atoms. The van der Waals surface area contributed by atoms with Crippen LogP contribution >= 0.6 is 15.9 Å². The minimum absolute atomic E-state index is 0.0246. The smallest absolute Gasteiger partial charge is 0.274 e. The summed E-state index contributed by atoms with van der Waals surface area (Å²) >= 11 is 3.25. The molecule has 1 saturated heterocycles. The van der Waals surface area contributed by atoms with Crippen LogP contribution in [-0.2, 0) is 17.8 Å². The molecule has 7 nitrogen and oxygen atoms in total. The summed E-state index contributed by atoms with van der Waals surface area (Å²) in [5.74, 6) is 0.317. The van der Waals surface area contributed by atoms with Crippen LogP contribution < -0.4 is 15.2 Å². The highest BCUT2D eigenvalue weighted by Gasteiger charge is 2.23. The number of piperazine rings is 1. The van der Waals surface area contributed by atoms with Crippen molar-refractivity contribution in [2.24, 2.45) is 0 Å². The van der Waals surface area contributed by atoms with Gasteiger partial charge in [0.15, 0.2) is 0 Å². The molecule has 1 amide bonds. The van der Waals surface area contributed by atoms with E-state index in [9.17, 15) is 14.0 Å². The Morgan fingerprint density at radius 3 is 2.49 bits per heavy atom. The van der Waals surface area contributed by atoms with E-state index in [2.05, 4.69) is 25.9 Å². The van der Waals surface area contributed by atoms with Crippen molar-refractivity contribution in [2.45, 2.75) is 13.0 Å². The van der Waals surface area contributed by atoms with Gasteiger partial charge in [0, 0.05) is 53.4 Å². The molecule has 0 unspecified atom stereocenters. The first-order valence-electron chi connectivity index (χ1n) is 12.0. The summed E-state index contributed by atoms with van der Waals surface area (Å²) in [4.78, 5) is 30.5. The Morgan fingerprint density at radius 1 is 1.00 bits per heavy atom. The van der Waals surface area contributed by atoms with Gasteiger partial charge in [-0.1, -0.05) is 46.3 Å². The van der Waals surface area contributed by atoms with Crippen molar-refractivity contribution >= 4 is 38.3 Å². The number of carbonyl (C=O) groups is 1. The van der Waals surface area contributed by atoms with Crippen LogP contribution in [0.5, 0.6) is 5.75 Å². The van der Waals surface area contributed by atoms with Crippen LogP contribution in [0.3, 0.4) is 0 Å². The zero-order valence-electron chi connectivity index (χ0n) is 20.4. The summed E-state index contributed by atoms with van der Waals surface area (Å²) in [7, 11) is 1.64. The molecule has 0 bridgehead atoms. The summed E-state index contributed by atoms with van der Waals surface area (Å²) in [5, 5.41) is 5.63. The number of benzene rings is 3. The molecule has 0 saturated carbocycles. The summed E-state index contributed by atoms with van der Waals surface area (Å²) in [6.45, 7) is 2.55. The minimum Gasteiger partial charge on any atom is -0.497 e. The maximum atomic E-state index is 14.5. The second-order valence-electron chi connectivity index (χ2n) is 8.94. The summed E-state index contributed by atoms with van der Waals surface area (Å²) in [6.07, 6.45) is 0.0583. The second-order valence-corrected chi connectivity index (χ2v) is 9.85. The molecule has 1 fully saturated rings. The number of fused-ring (bicyclic) bond motifs is 1. The Kier molecular flexibility index (Phi) is 7.23. The quantitative estimate of drug-likeness (QED) is 0.350. The first kappa shape index (κ1) is 25.0. The number of ether oxygens (including phenoxy) is 1. The van der Waals surface area contributed by atoms with Crippen molar-refractivity contribution in [2.75, 3.05) is 38.2 Å². The Balaban J connectivity index is 1.36. The first-order valence-corrected chi connectivity index (χ1v) is 12.8. The molecule has 2 heterocycles. The predicted molar refractivity (Wildman–Crippen MR) is 145 cm³/mol. The second kappa shape index (κ2) is 10.7. The number of methoxy groups -OCH3 is 1. The van der Waals surface area contributed by atoms with Crippen LogP contribution in [0.4, 0.5) is 10.1 Å². The number of rotatable bonds is 6. The fourth-order valence-corrected chi connectivity index (χ4v) is 4.96. The van der Waals surface area contributed by atoms with E-state index in [1.807, 2.05) is 35.2 Å². The molecule has 4 aromatic rings. The van der Waals surface area contributed by atoms with E-state index in [4.69, 9.17) is 4.74 Å². The number of amides is 1. The Bertz CT molecular complexity index is 1520. The van der Waals surface area contributed by atoms with Crippen molar-refractivity contribution in [3.8, 4) is 5.75 Å². The van der Waals surface area contributed by atoms with Crippen molar-refractivity contribution in [3.05, 3.63) is 98.6 Å². The molecule has 5 rings (SSSR count). The van der Waals surface area contributed by atoms with Gasteiger partial charge in [0.05, 0.1) is 31.2 Å². The highest BCUT2D eigenvalue weighted by Crippen LogP contribution is 2.23. The van der Waals surface area contributed by atoms with Crippen LogP contribution in [0.15, 0.2) is 76.0 Å². The number of aromatic nitrogens is 2. The molecule has 0 aliphatic carbocycles. The number of nitrogens with zero attached hydrogens (tertiary/aromatic N) is 4. The first-order chi connectivity index (χ1) is 17.9. The lowest BCUT2D eigenvalue weighted by Crippen LogP contribution is -2.49. The third kappa shape index (κ3) is 5.36. The lowest BCUT2D eigenvalue weighted by atomic mass is 10.1. The van der Waals surface area contributed by atoms with Crippen LogP contribution in [0.25, 0.3) is 10.8 Å². The molecule has 0 atom stereocenters. The van der Waals surface area contributed by atoms with Crippen molar-refractivity contribution in [1.82, 2.24) is 14.7 Å². The van der Waals surface area contributed by atoms with Gasteiger partial charge in [0.25, 0.3) is 5.56 Å². The van der Waals surface area contributed by atoms with E-state index in [1.165, 1.54) is 10.7 Å². The zero-order chi connectivity index (χ0) is 25.9. The van der Waals surface area contributed by atoms with E-state index in [1.54, 1.807) is 37.4 Å². The van der Waals surface area contributed by atoms with E-state index < -0.39 is 5.82 Å². The summed E-state index contributed by atoms with van der Waals surface area (Å²) < 4.78 is 21.7. The summed E-state index contributed by atoms with van der Waals surface area (Å²) in [6, 6.07) is 19.7. The monoisotopic (exact) mass is 564 g/mol. The van der Waals surface area contributed by atoms with Gasteiger partial charge in [-0.25, -0.2) is 9.07 Å². The zero-order valence-corrected chi connectivity index (χ0v) is 21.9. The molecule has 0 radical (unpaired) electrons. The molecule has 3 aromatic carbocycles. The topological polar surface area (TPSA) is 67.7 Å². The number of halogens is 2. The maximum absolute atomic E-state index is 14.5. The van der Waals surface area contributed by atoms with Gasteiger partial charge < -0.3 is 14.5 Å². The lowest BCUT2D eigenvalue weighted by molar-refractivity contribution is -0.130. The standard InChI is InChI=1S/C28H26BrFN4O3/c1-37-22-6-4-5-21(16-22)32-11-13-33(14-12-32)27(35)17-26-23-7-2-3-8-24(23)28(36)34(31-26)18-19-9-10-20(29)15-25(19)30/h2-10,15-16H,11-14,17-18H2,1H3. The fraction of sp³-hybridized carbons (Fsp3) is 0.250. The SMILES string of the molecule is COc1cccc(N2CCN(C(=O)Cc3nn(Cc4ccc(Br)cc4F)c(=O)c4ccccc34)CC2)c1. The van der Waals surface area contributed by atoms with E-state index in [0.29, 0.717) is 52.7 Å². The van der Waals surface area contributed by atoms with E-state index in [0.717, 1.165) is 11.4 Å². The molecule has 190 valence electrons. The third-order valence-electron chi connectivity index (χ3n) is 6.65. The Morgan fingerprint density at radius 2 is 1.76 bits per heavy atom. The number of hydrogen-bond donors (Lipinski definition) is 0. The van der Waals surface area contributed by atoms with Gasteiger partial charge in [0.2, 0.25) is 5.91 Å². The number of carbonyl (C=O) groups excluding carboxylic acids is 1. The van der Waals surface area contributed by atoms with Gasteiger partial charge in [-0.15, -0.1) is 0 Å². The van der Waals surface area contributed by atoms with Gasteiger partial charge in [-0.3, -0.25) is 9.59 Å². The van der Waals surface area contributed by atoms with Crippen LogP contribution in [-0.4, -0.2) is 53.9 Å². The highest BCUT2D eigenvalue weighted by molar-refractivity contribution is 9.10. The number of anilines is 1. The third-order valence-corrected chi connectivity index (χ3v) is 7.14. The van der Waals surface area contributed by atoms with Gasteiger partial charge in [-0.05, 0) is 30.3 Å². The van der Waals surface area contributed by atoms with E-state index in [-0.39, 0.29) is 24.4 Å². The van der Waals surface area contributed by atoms with Gasteiger partial charge in [0.1, 0.15) is 11.6 Å². The molecule has 0 N–H and O–H groups in total. The molecule has 1 aliphatic heterocycles. The Hall–Kier alpha value is -3.72. The van der Waals surface area contributed by atoms with Crippen LogP contribution in [0.1, 0.15) is 11.3 Å². The van der Waals surface area contributed by atoms with Crippen molar-refractivity contribution in [3.63, 3.8) is 0 Å². The minimum atomic E-state index is -0.428. The van der Waals surface area contributed by atoms with Gasteiger partial charge >= 0.3 is 0 Å². The molecule has 9 heteroatoms. The largest absolute Gasteiger partial charge is 0.497 e. The van der Waals surface area contributed by atoms with Crippen LogP contribution in [0.2, 0.25) is 0 Å². The molecular formula is C28H26BrFN4O3. The predicted octanol–water partition coefficient (Wildman–Crippen LogP) is 4.25. The summed E-state index contributed by atoms with van der Waals surface area (Å²) in [5.41, 5.74) is 1.60. The molecule has 1 aliphatic rings. The Labute approximate surface area is 222 Å². The molecular weight excluding hydrogens is 539 g/mol. The number of hydrogen-bond acceptors (Lipinski definition) is 5. The molecule has 0 spiro atoms. The highest BCUT2D eigenvalue weighted by atomic mass is 79.9. The average Bonchev–Trinajstić information content (AvgIpc) is 2.92. The maximum Gasteiger partial charge on any atom is 0.274 e. The van der Waals surface area contributed by atoms with E-state index >= 15 is 0 Å². The van der Waals surface area contributed by atoms with Crippen molar-refractivity contribution < 1.29 is 13.9 Å².